The Labute approximate surface area is 640 Å². The molecule has 4 fully saturated rings. The number of nitrogens with one attached hydrogen (secondary N) is 1. The number of aromatic nitrogens is 8. The highest BCUT2D eigenvalue weighted by atomic mass is 35.5. The Hall–Kier alpha value is -10.0. The molecule has 0 spiro atoms. The van der Waals surface area contributed by atoms with Crippen LogP contribution in [0.25, 0.3) is 64.5 Å². The molecule has 8 aromatic heterocycles. The van der Waals surface area contributed by atoms with Crippen molar-refractivity contribution in [2.45, 2.75) is 114 Å². The molecule has 2 aliphatic heterocycles. The molecule has 25 nitrogen and oxygen atoms in total. The standard InChI is InChI=1S/C37H33ClF2N8O4S2.C36H30ClF2N7O3S.CH5NO2S/c1-21-44-30-19-43-34(46(2)24-9-13-47(14-10-24)25-16-37(39,40)17-25)28(18-41)31(30)36(50)48(21)12-4-5-22-6-7-23(38)15-27(22)26-8-11-42-32-29(20-53-33(26)32)35(49)45-54(3,51)52;1-20-43-29-18-42-33(44(2)23-8-12-45(13-9-23)24-15-36(38,39)16-24)27(17-40)30(29)34(47)46(20)11-3-4-21-5-6-22(37)14-26(21)25-7-10-41-31-28(35(48)49)19-50-32(25)31;1-5(2,3)4/h6-8,11,15,19-20,24-25H,9-10,12-14,16-17H2,1-3H3,(H,45,49);5-7,10,14,18-19,23-24H,8-9,11-13,15-16H2,1-2H3,(H,48,49);1H3,(H2,2,3,4). The Morgan fingerprint density at radius 3 is 1.39 bits per heavy atom. The molecule has 10 aromatic rings. The van der Waals surface area contributed by atoms with Crippen molar-refractivity contribution < 1.29 is 49.1 Å². The zero-order valence-electron chi connectivity index (χ0n) is 59.2. The van der Waals surface area contributed by atoms with Crippen molar-refractivity contribution in [2.24, 2.45) is 5.14 Å². The number of carbonyl (C=O) groups excluding carboxylic acids is 1. The fourth-order valence-electron chi connectivity index (χ4n) is 14.1. The maximum absolute atomic E-state index is 14.1. The van der Waals surface area contributed by atoms with Crippen molar-refractivity contribution in [3.05, 3.63) is 160 Å². The van der Waals surface area contributed by atoms with Crippen LogP contribution in [0.2, 0.25) is 10.0 Å². The number of piperidine rings is 2. The van der Waals surface area contributed by atoms with Crippen LogP contribution in [0.4, 0.5) is 29.2 Å². The summed E-state index contributed by atoms with van der Waals surface area (Å²) in [5, 5.41) is 38.8. The zero-order chi connectivity index (χ0) is 78.3. The van der Waals surface area contributed by atoms with Crippen LogP contribution in [0.5, 0.6) is 0 Å². The van der Waals surface area contributed by atoms with Crippen molar-refractivity contribution >= 4 is 132 Å². The average molecular weight is 1600 g/mol. The van der Waals surface area contributed by atoms with Crippen LogP contribution in [-0.4, -0.2) is 171 Å². The van der Waals surface area contributed by atoms with Gasteiger partial charge in [-0.1, -0.05) is 46.9 Å². The number of sulfonamides is 2. The number of carboxylic acids is 1. The lowest BCUT2D eigenvalue weighted by Crippen LogP contribution is -2.55. The first kappa shape index (κ1) is 78.5. The van der Waals surface area contributed by atoms with Gasteiger partial charge in [-0.15, -0.1) is 22.7 Å². The number of nitriles is 2. The summed E-state index contributed by atoms with van der Waals surface area (Å²) >= 11 is 15.3. The lowest BCUT2D eigenvalue weighted by Gasteiger charge is -2.46. The van der Waals surface area contributed by atoms with Gasteiger partial charge in [-0.25, -0.2) is 69.0 Å². The summed E-state index contributed by atoms with van der Waals surface area (Å²) in [5.74, 6) is 6.98. The second kappa shape index (κ2) is 31.5. The summed E-state index contributed by atoms with van der Waals surface area (Å²) in [6, 6.07) is 18.1. The number of carbonyl (C=O) groups is 2. The maximum Gasteiger partial charge on any atom is 0.338 e. The number of pyridine rings is 4. The van der Waals surface area contributed by atoms with Crippen LogP contribution in [0.15, 0.2) is 93.7 Å². The highest BCUT2D eigenvalue weighted by Gasteiger charge is 2.49. The molecule has 35 heteroatoms. The Bertz CT molecular complexity index is 5930. The van der Waals surface area contributed by atoms with Gasteiger partial charge < -0.3 is 14.9 Å². The predicted molar refractivity (Wildman–Crippen MR) is 411 cm³/mol. The molecule has 2 saturated heterocycles. The third-order valence-corrected chi connectivity index (χ3v) is 22.7. The minimum atomic E-state index is -3.79. The monoisotopic (exact) mass is 1600 g/mol. The minimum Gasteiger partial charge on any atom is -0.478 e. The fourth-order valence-corrected chi connectivity index (χ4v) is 16.9. The van der Waals surface area contributed by atoms with E-state index in [1.807, 2.05) is 28.6 Å². The van der Waals surface area contributed by atoms with Crippen LogP contribution in [0, 0.1) is 60.2 Å². The smallest absolute Gasteiger partial charge is 0.338 e. The van der Waals surface area contributed by atoms with Crippen LogP contribution < -0.4 is 30.8 Å². The zero-order valence-corrected chi connectivity index (χ0v) is 64.0. The Kier molecular flexibility index (Phi) is 22.7. The van der Waals surface area contributed by atoms with Gasteiger partial charge in [0.25, 0.3) is 28.9 Å². The van der Waals surface area contributed by atoms with Gasteiger partial charge in [0, 0.05) is 157 Å². The van der Waals surface area contributed by atoms with Gasteiger partial charge in [0.05, 0.1) is 91.4 Å². The fraction of sp³-hybridized carbons (Fsp3) is 0.351. The number of hydrogen-bond donors (Lipinski definition) is 3. The number of primary sulfonamides is 1. The van der Waals surface area contributed by atoms with E-state index in [-0.39, 0.29) is 96.0 Å². The first-order chi connectivity index (χ1) is 51.6. The van der Waals surface area contributed by atoms with Crippen molar-refractivity contribution in [2.75, 3.05) is 62.6 Å². The van der Waals surface area contributed by atoms with Gasteiger partial charge in [0.2, 0.25) is 20.0 Å². The molecule has 4 aliphatic rings. The summed E-state index contributed by atoms with van der Waals surface area (Å²) in [4.78, 5) is 87.4. The molecule has 0 atom stereocenters. The average Bonchev–Trinajstić information content (AvgIpc) is 0.848. The normalized spacial score (nSPS) is 16.2. The molecule has 2 saturated carbocycles. The number of aromatic carboxylic acids is 1. The van der Waals surface area contributed by atoms with Gasteiger partial charge >= 0.3 is 5.97 Å². The molecule has 4 N–H and O–H groups in total. The Morgan fingerprint density at radius 2 is 1.03 bits per heavy atom. The number of nitrogens with two attached hydrogens (primary N) is 1. The van der Waals surface area contributed by atoms with E-state index in [1.54, 1.807) is 74.0 Å². The molecule has 0 radical (unpaired) electrons. The maximum atomic E-state index is 14.1. The Morgan fingerprint density at radius 1 is 0.642 bits per heavy atom. The SMILES string of the molecule is CS(N)(=O)=O.Cc1nc2cnc(N(C)C3CCN(C4CC(F)(F)C4)CC3)c(C#N)c2c(=O)n1CC#Cc1ccc(Cl)cc1-c1ccnc2c(C(=O)NS(C)(=O)=O)csc12.Cc1nc2cnc(N(C)C3CCN(C4CC(F)(F)C4)CC3)c(C#N)c2c(=O)n1CC#Cc1ccc(Cl)cc1-c1ccnc2c(C(=O)O)csc12. The molecule has 2 aromatic carbocycles. The van der Waals surface area contributed by atoms with E-state index in [0.29, 0.717) is 132 Å². The highest BCUT2D eigenvalue weighted by Crippen LogP contribution is 2.44. The number of nitrogens with zero attached hydrogens (tertiary/aromatic N) is 14. The van der Waals surface area contributed by atoms with Crippen LogP contribution >= 0.6 is 45.9 Å². The molecule has 0 unspecified atom stereocenters. The topological polar surface area (TPSA) is 343 Å². The molecular weight excluding hydrogens is 1530 g/mol. The number of alkyl halides is 4. The van der Waals surface area contributed by atoms with Gasteiger partial charge in [0.1, 0.15) is 46.5 Å². The van der Waals surface area contributed by atoms with Gasteiger partial charge in [-0.2, -0.15) is 10.5 Å². The molecule has 14 rings (SSSR count). The number of aryl methyl sites for hydroxylation is 2. The number of rotatable bonds is 13. The molecule has 109 heavy (non-hydrogen) atoms. The van der Waals surface area contributed by atoms with Crippen molar-refractivity contribution in [1.29, 1.82) is 10.5 Å². The van der Waals surface area contributed by atoms with Crippen LogP contribution in [-0.2, 0) is 33.1 Å². The lowest BCUT2D eigenvalue weighted by molar-refractivity contribution is -0.127. The summed E-state index contributed by atoms with van der Waals surface area (Å²) in [7, 11) is -3.28. The van der Waals surface area contributed by atoms with E-state index in [2.05, 4.69) is 80.7 Å². The quantitative estimate of drug-likeness (QED) is 0.0713. The van der Waals surface area contributed by atoms with E-state index in [9.17, 15) is 69.2 Å². The third-order valence-electron chi connectivity index (χ3n) is 19.6. The third kappa shape index (κ3) is 17.2. The number of carboxylic acid groups (broad SMARTS) is 1. The number of hydrogen-bond acceptors (Lipinski definition) is 22. The van der Waals surface area contributed by atoms with Crippen molar-refractivity contribution in [1.82, 2.24) is 53.6 Å². The summed E-state index contributed by atoms with van der Waals surface area (Å²) in [5.41, 5.74) is 4.85. The molecule has 0 bridgehead atoms. The predicted octanol–water partition coefficient (Wildman–Crippen LogP) is 10.6. The second-order valence-electron chi connectivity index (χ2n) is 27.0. The summed E-state index contributed by atoms with van der Waals surface area (Å²) in [6.45, 7) is 5.99. The van der Waals surface area contributed by atoms with Crippen LogP contribution in [0.3, 0.4) is 0 Å². The number of halogens is 6. The van der Waals surface area contributed by atoms with Crippen molar-refractivity contribution in [3.63, 3.8) is 0 Å². The molecule has 564 valence electrons. The van der Waals surface area contributed by atoms with E-state index >= 15 is 0 Å². The molecule has 1 amide bonds. The first-order valence-electron chi connectivity index (χ1n) is 33.9. The van der Waals surface area contributed by atoms with E-state index < -0.39 is 54.9 Å². The number of benzene rings is 2. The Balaban J connectivity index is 0.000000192. The molecule has 2 aliphatic carbocycles. The number of likely N-dealkylation sites (tertiary alicyclic amines) is 2. The largest absolute Gasteiger partial charge is 0.478 e. The summed E-state index contributed by atoms with van der Waals surface area (Å²) < 4.78 is 102. The van der Waals surface area contributed by atoms with E-state index in [1.165, 1.54) is 55.8 Å². The first-order valence-corrected chi connectivity index (χ1v) is 40.3. The molecular formula is C74H68Cl2F4N16O9S4. The van der Waals surface area contributed by atoms with E-state index in [4.69, 9.17) is 23.2 Å². The van der Waals surface area contributed by atoms with Gasteiger partial charge in [-0.05, 0) is 88.1 Å². The number of thiophene rings is 2. The second-order valence-corrected chi connectivity index (χ2v) is 33.1. The van der Waals surface area contributed by atoms with Crippen LogP contribution in [0.1, 0.15) is 106 Å². The van der Waals surface area contributed by atoms with E-state index in [0.717, 1.165) is 30.9 Å². The molecule has 10 heterocycles. The number of anilines is 2. The van der Waals surface area contributed by atoms with Gasteiger partial charge in [-0.3, -0.25) is 43.3 Å². The summed E-state index contributed by atoms with van der Waals surface area (Å²) in [6.07, 6.45) is 10.3. The number of amides is 1. The lowest BCUT2D eigenvalue weighted by atomic mass is 9.85. The minimum absolute atomic E-state index is 0.00555. The number of fused-ring (bicyclic) bond motifs is 4. The highest BCUT2D eigenvalue weighted by molar-refractivity contribution is 7.89. The van der Waals surface area contributed by atoms with Crippen molar-refractivity contribution in [3.8, 4) is 58.1 Å². The van der Waals surface area contributed by atoms with Gasteiger partial charge in [0.15, 0.2) is 0 Å².